The van der Waals surface area contributed by atoms with E-state index >= 15 is 0 Å². The molecule has 0 atom stereocenters. The lowest BCUT2D eigenvalue weighted by molar-refractivity contribution is -0.121. The number of nitrogens with one attached hydrogen (secondary N) is 2. The summed E-state index contributed by atoms with van der Waals surface area (Å²) in [6.07, 6.45) is 9.38. The molecule has 2 aromatic heterocycles. The van der Waals surface area contributed by atoms with Crippen LogP contribution in [0.4, 0.5) is 0 Å². The van der Waals surface area contributed by atoms with E-state index in [0.29, 0.717) is 6.42 Å². The number of amides is 1. The molecule has 2 aromatic rings. The highest BCUT2D eigenvalue weighted by Gasteiger charge is 2.24. The zero-order chi connectivity index (χ0) is 16.1. The SMILES string of the molecule is Cc1ncccc1OC1CCC(NC(=O)Cc2cnc[nH]2)CC1. The molecule has 3 rings (SSSR count). The molecule has 0 unspecified atom stereocenters. The molecule has 6 heteroatoms. The van der Waals surface area contributed by atoms with Crippen molar-refractivity contribution >= 4 is 5.91 Å². The van der Waals surface area contributed by atoms with Crippen LogP contribution in [0.1, 0.15) is 37.1 Å². The Kier molecular flexibility index (Phi) is 4.90. The van der Waals surface area contributed by atoms with Gasteiger partial charge >= 0.3 is 0 Å². The number of rotatable bonds is 5. The fourth-order valence-corrected chi connectivity index (χ4v) is 2.93. The third-order valence-corrected chi connectivity index (χ3v) is 4.20. The minimum absolute atomic E-state index is 0.0433. The molecule has 2 N–H and O–H groups in total. The predicted molar refractivity (Wildman–Crippen MR) is 86.1 cm³/mol. The van der Waals surface area contributed by atoms with E-state index in [-0.39, 0.29) is 18.1 Å². The number of aromatic nitrogens is 3. The van der Waals surface area contributed by atoms with Gasteiger partial charge in [0.25, 0.3) is 0 Å². The highest BCUT2D eigenvalue weighted by atomic mass is 16.5. The first-order valence-corrected chi connectivity index (χ1v) is 8.05. The molecule has 1 saturated carbocycles. The summed E-state index contributed by atoms with van der Waals surface area (Å²) < 4.78 is 6.04. The Labute approximate surface area is 135 Å². The highest BCUT2D eigenvalue weighted by Crippen LogP contribution is 2.25. The van der Waals surface area contributed by atoms with Crippen molar-refractivity contribution in [1.82, 2.24) is 20.3 Å². The van der Waals surface area contributed by atoms with E-state index in [0.717, 1.165) is 42.8 Å². The zero-order valence-electron chi connectivity index (χ0n) is 13.3. The maximum absolute atomic E-state index is 12.0. The van der Waals surface area contributed by atoms with Gasteiger partial charge in [0.2, 0.25) is 5.91 Å². The van der Waals surface area contributed by atoms with Crippen molar-refractivity contribution in [2.24, 2.45) is 0 Å². The average Bonchev–Trinajstić information content (AvgIpc) is 3.04. The lowest BCUT2D eigenvalue weighted by Gasteiger charge is -2.29. The summed E-state index contributed by atoms with van der Waals surface area (Å²) in [6, 6.07) is 4.09. The Hall–Kier alpha value is -2.37. The fourth-order valence-electron chi connectivity index (χ4n) is 2.93. The Bertz CT molecular complexity index is 634. The Balaban J connectivity index is 1.43. The number of hydrogen-bond donors (Lipinski definition) is 2. The standard InChI is InChI=1S/C17H22N4O2/c1-12-16(3-2-8-19-12)23-15-6-4-13(5-7-15)21-17(22)9-14-10-18-11-20-14/h2-3,8,10-11,13,15H,4-7,9H2,1H3,(H,18,20)(H,21,22). The summed E-state index contributed by atoms with van der Waals surface area (Å²) in [4.78, 5) is 23.1. The maximum Gasteiger partial charge on any atom is 0.226 e. The Morgan fingerprint density at radius 1 is 1.39 bits per heavy atom. The second kappa shape index (κ2) is 7.26. The van der Waals surface area contributed by atoms with E-state index in [9.17, 15) is 4.79 Å². The van der Waals surface area contributed by atoms with Crippen LogP contribution in [-0.4, -0.2) is 33.0 Å². The summed E-state index contributed by atoms with van der Waals surface area (Å²) >= 11 is 0. The lowest BCUT2D eigenvalue weighted by atomic mass is 9.92. The number of hydrogen-bond acceptors (Lipinski definition) is 4. The summed E-state index contributed by atoms with van der Waals surface area (Å²) in [5.41, 5.74) is 1.76. The van der Waals surface area contributed by atoms with Gasteiger partial charge in [0.05, 0.1) is 24.5 Å². The number of ether oxygens (including phenoxy) is 1. The van der Waals surface area contributed by atoms with Crippen LogP contribution in [0.25, 0.3) is 0 Å². The zero-order valence-corrected chi connectivity index (χ0v) is 13.3. The number of aryl methyl sites for hydroxylation is 1. The van der Waals surface area contributed by atoms with E-state index in [4.69, 9.17) is 4.74 Å². The van der Waals surface area contributed by atoms with Gasteiger partial charge in [-0.15, -0.1) is 0 Å². The smallest absolute Gasteiger partial charge is 0.226 e. The van der Waals surface area contributed by atoms with Crippen LogP contribution in [0.3, 0.4) is 0 Å². The molecular formula is C17H22N4O2. The molecule has 0 aromatic carbocycles. The molecule has 1 aliphatic carbocycles. The number of carbonyl (C=O) groups is 1. The second-order valence-corrected chi connectivity index (χ2v) is 6.00. The molecule has 6 nitrogen and oxygen atoms in total. The van der Waals surface area contributed by atoms with Gasteiger partial charge in [0.15, 0.2) is 0 Å². The van der Waals surface area contributed by atoms with E-state index < -0.39 is 0 Å². The van der Waals surface area contributed by atoms with E-state index in [1.807, 2.05) is 19.1 Å². The van der Waals surface area contributed by atoms with Gasteiger partial charge in [-0.3, -0.25) is 9.78 Å². The van der Waals surface area contributed by atoms with E-state index in [2.05, 4.69) is 20.3 Å². The quantitative estimate of drug-likeness (QED) is 0.886. The van der Waals surface area contributed by atoms with Gasteiger partial charge in [-0.05, 0) is 44.7 Å². The predicted octanol–water partition coefficient (Wildman–Crippen LogP) is 2.16. The Morgan fingerprint density at radius 2 is 2.22 bits per heavy atom. The minimum Gasteiger partial charge on any atom is -0.489 e. The number of pyridine rings is 1. The number of nitrogens with zero attached hydrogens (tertiary/aromatic N) is 2. The monoisotopic (exact) mass is 314 g/mol. The van der Waals surface area contributed by atoms with Crippen LogP contribution >= 0.6 is 0 Å². The van der Waals surface area contributed by atoms with E-state index in [1.165, 1.54) is 0 Å². The van der Waals surface area contributed by atoms with E-state index in [1.54, 1.807) is 18.7 Å². The van der Waals surface area contributed by atoms with Crippen molar-refractivity contribution < 1.29 is 9.53 Å². The molecule has 0 bridgehead atoms. The third kappa shape index (κ3) is 4.31. The fraction of sp³-hybridized carbons (Fsp3) is 0.471. The molecule has 0 spiro atoms. The van der Waals surface area contributed by atoms with Crippen molar-refractivity contribution in [3.05, 3.63) is 42.2 Å². The van der Waals surface area contributed by atoms with Crippen LogP contribution < -0.4 is 10.1 Å². The van der Waals surface area contributed by atoms with Crippen LogP contribution in [0.15, 0.2) is 30.9 Å². The third-order valence-electron chi connectivity index (χ3n) is 4.20. The van der Waals surface area contributed by atoms with Crippen LogP contribution in [0.5, 0.6) is 5.75 Å². The summed E-state index contributed by atoms with van der Waals surface area (Å²) in [5.74, 6) is 0.904. The average molecular weight is 314 g/mol. The maximum atomic E-state index is 12.0. The number of imidazole rings is 1. The number of aromatic amines is 1. The van der Waals surface area contributed by atoms with Gasteiger partial charge < -0.3 is 15.0 Å². The summed E-state index contributed by atoms with van der Waals surface area (Å²) in [6.45, 7) is 1.96. The molecule has 23 heavy (non-hydrogen) atoms. The molecule has 0 aliphatic heterocycles. The molecule has 2 heterocycles. The van der Waals surface area contributed by atoms with Crippen LogP contribution in [0.2, 0.25) is 0 Å². The van der Waals surface area contributed by atoms with Crippen molar-refractivity contribution in [2.75, 3.05) is 0 Å². The van der Waals surface area contributed by atoms with Crippen LogP contribution in [-0.2, 0) is 11.2 Å². The second-order valence-electron chi connectivity index (χ2n) is 6.00. The minimum atomic E-state index is 0.0433. The van der Waals surface area contributed by atoms with Gasteiger partial charge in [0.1, 0.15) is 5.75 Å². The molecule has 0 radical (unpaired) electrons. The topological polar surface area (TPSA) is 79.9 Å². The van der Waals surface area contributed by atoms with Crippen molar-refractivity contribution in [3.63, 3.8) is 0 Å². The Morgan fingerprint density at radius 3 is 2.91 bits per heavy atom. The lowest BCUT2D eigenvalue weighted by Crippen LogP contribution is -2.40. The summed E-state index contributed by atoms with van der Waals surface area (Å²) in [5, 5.41) is 3.10. The van der Waals surface area contributed by atoms with Gasteiger partial charge in [-0.1, -0.05) is 0 Å². The largest absolute Gasteiger partial charge is 0.489 e. The van der Waals surface area contributed by atoms with Crippen molar-refractivity contribution in [3.8, 4) is 5.75 Å². The number of H-pyrrole nitrogens is 1. The summed E-state index contributed by atoms with van der Waals surface area (Å²) in [7, 11) is 0. The first kappa shape index (κ1) is 15.5. The van der Waals surface area contributed by atoms with Gasteiger partial charge in [-0.2, -0.15) is 0 Å². The van der Waals surface area contributed by atoms with Crippen molar-refractivity contribution in [2.45, 2.75) is 51.2 Å². The molecule has 122 valence electrons. The van der Waals surface area contributed by atoms with Gasteiger partial charge in [0, 0.05) is 24.1 Å². The molecule has 0 saturated heterocycles. The molecule has 1 fully saturated rings. The molecule has 1 amide bonds. The highest BCUT2D eigenvalue weighted by molar-refractivity contribution is 5.78. The van der Waals surface area contributed by atoms with Gasteiger partial charge in [-0.25, -0.2) is 4.98 Å². The first-order valence-electron chi connectivity index (χ1n) is 8.05. The van der Waals surface area contributed by atoms with Crippen molar-refractivity contribution in [1.29, 1.82) is 0 Å². The normalized spacial score (nSPS) is 20.9. The molecule has 1 aliphatic rings. The number of carbonyl (C=O) groups excluding carboxylic acids is 1. The first-order chi connectivity index (χ1) is 11.2. The molecular weight excluding hydrogens is 292 g/mol. The van der Waals surface area contributed by atoms with Crippen LogP contribution in [0, 0.1) is 6.92 Å².